The first kappa shape index (κ1) is 21.1. The number of benzene rings is 2. The van der Waals surface area contributed by atoms with Crippen LogP contribution < -0.4 is 5.30 Å². The van der Waals surface area contributed by atoms with Gasteiger partial charge < -0.3 is 0 Å². The van der Waals surface area contributed by atoms with E-state index in [0.29, 0.717) is 0 Å². The zero-order chi connectivity index (χ0) is 18.9. The van der Waals surface area contributed by atoms with Gasteiger partial charge in [-0.3, -0.25) is 0 Å². The average molecular weight is 445 g/mol. The largest absolute Gasteiger partial charge is 0.0966 e. The van der Waals surface area contributed by atoms with Gasteiger partial charge in [-0.2, -0.15) is 0 Å². The molecule has 0 spiro atoms. The molecule has 2 aromatic carbocycles. The van der Waals surface area contributed by atoms with E-state index in [1.807, 2.05) is 5.83 Å². The van der Waals surface area contributed by atoms with Crippen molar-refractivity contribution in [1.82, 2.24) is 0 Å². The lowest BCUT2D eigenvalue weighted by molar-refractivity contribution is 0.487. The van der Waals surface area contributed by atoms with Gasteiger partial charge in [0.2, 0.25) is 0 Å². The van der Waals surface area contributed by atoms with Gasteiger partial charge in [-0.1, -0.05) is 117 Å². The number of hydrogen-bond donors (Lipinski definition) is 0. The molecule has 27 heavy (non-hydrogen) atoms. The Morgan fingerprint density at radius 3 is 1.67 bits per heavy atom. The Kier molecular flexibility index (Phi) is 8.88. The molecule has 0 unspecified atom stereocenters. The van der Waals surface area contributed by atoms with Crippen LogP contribution in [0.2, 0.25) is 0 Å². The normalized spacial score (nSPS) is 18.8. The van der Waals surface area contributed by atoms with Gasteiger partial charge in [0.05, 0.1) is 0 Å². The third-order valence-electron chi connectivity index (χ3n) is 6.20. The van der Waals surface area contributed by atoms with E-state index >= 15 is 0 Å². The van der Waals surface area contributed by atoms with E-state index in [9.17, 15) is 0 Å². The van der Waals surface area contributed by atoms with Gasteiger partial charge in [0.25, 0.3) is 0 Å². The molecular weight excluding hydrogens is 411 g/mol. The van der Waals surface area contributed by atoms with Crippen molar-refractivity contribution < 1.29 is 0 Å². The topological polar surface area (TPSA) is 0 Å². The molecule has 0 heterocycles. The summed E-state index contributed by atoms with van der Waals surface area (Å²) < 4.78 is 0. The molecule has 146 valence electrons. The van der Waals surface area contributed by atoms with Gasteiger partial charge in [0.15, 0.2) is 0 Å². The van der Waals surface area contributed by atoms with Gasteiger partial charge in [-0.05, 0) is 59.3 Å². The van der Waals surface area contributed by atoms with Crippen LogP contribution in [0.4, 0.5) is 0 Å². The highest BCUT2D eigenvalue weighted by atomic mass is 79.9. The molecule has 0 nitrogen and oxygen atoms in total. The van der Waals surface area contributed by atoms with Crippen molar-refractivity contribution in [1.29, 1.82) is 0 Å². The Morgan fingerprint density at radius 1 is 0.630 bits per heavy atom. The Bertz CT molecular complexity index is 639. The lowest BCUT2D eigenvalue weighted by atomic mass is 9.99. The molecule has 2 aliphatic rings. The lowest BCUT2D eigenvalue weighted by Crippen LogP contribution is -2.27. The first-order valence-corrected chi connectivity index (χ1v) is 13.8. The van der Waals surface area contributed by atoms with E-state index in [4.69, 9.17) is 0 Å². The number of hydrogen-bond acceptors (Lipinski definition) is 0. The van der Waals surface area contributed by atoms with Crippen LogP contribution in [0.3, 0.4) is 0 Å². The maximum Gasteiger partial charge on any atom is -0.00848 e. The summed E-state index contributed by atoms with van der Waals surface area (Å²) in [7, 11) is -0.0365. The fourth-order valence-corrected chi connectivity index (χ4v) is 8.94. The summed E-state index contributed by atoms with van der Waals surface area (Å²) in [5.41, 5.74) is 4.87. The fourth-order valence-electron chi connectivity index (χ4n) is 4.97. The standard InChI is InChI=1S/C24H31P.CH3Br/c1-4-12-20(13-5-1)23-18-10-11-19-24(23)25(21-14-6-2-7-15-21)22-16-8-3-9-17-22;1-2/h1,4-5,10-13,18-19,21-22H,2-3,6-9,14-17H2;1H3. The minimum absolute atomic E-state index is 0.0365. The van der Waals surface area contributed by atoms with Crippen LogP contribution in [0.1, 0.15) is 64.2 Å². The van der Waals surface area contributed by atoms with E-state index in [-0.39, 0.29) is 7.92 Å². The highest BCUT2D eigenvalue weighted by molar-refractivity contribution is 9.08. The minimum atomic E-state index is -0.0365. The molecule has 0 radical (unpaired) electrons. The van der Waals surface area contributed by atoms with Crippen molar-refractivity contribution in [3.05, 3.63) is 54.6 Å². The van der Waals surface area contributed by atoms with Gasteiger partial charge in [-0.15, -0.1) is 0 Å². The zero-order valence-electron chi connectivity index (χ0n) is 16.7. The predicted octanol–water partition coefficient (Wildman–Crippen LogP) is 8.14. The number of halogens is 1. The summed E-state index contributed by atoms with van der Waals surface area (Å²) in [6, 6.07) is 20.5. The molecule has 2 heteroatoms. The lowest BCUT2D eigenvalue weighted by Gasteiger charge is -2.39. The molecule has 0 bridgehead atoms. The quantitative estimate of drug-likeness (QED) is 0.329. The Hall–Kier alpha value is -0.650. The van der Waals surface area contributed by atoms with Crippen molar-refractivity contribution in [3.8, 4) is 11.1 Å². The van der Waals surface area contributed by atoms with E-state index in [0.717, 1.165) is 11.3 Å². The third-order valence-corrected chi connectivity index (χ3v) is 9.76. The van der Waals surface area contributed by atoms with Crippen LogP contribution in [-0.2, 0) is 0 Å². The van der Waals surface area contributed by atoms with E-state index in [1.54, 1.807) is 5.30 Å². The molecular formula is C25H34BrP. The summed E-state index contributed by atoms with van der Waals surface area (Å²) in [6.07, 6.45) is 14.7. The first-order chi connectivity index (χ1) is 13.4. The molecule has 0 amide bonds. The van der Waals surface area contributed by atoms with Crippen molar-refractivity contribution in [2.75, 3.05) is 5.83 Å². The third kappa shape index (κ3) is 5.45. The summed E-state index contributed by atoms with van der Waals surface area (Å²) in [6.45, 7) is 0. The molecule has 0 N–H and O–H groups in total. The van der Waals surface area contributed by atoms with Gasteiger partial charge in [0, 0.05) is 0 Å². The monoisotopic (exact) mass is 444 g/mol. The smallest absolute Gasteiger partial charge is 0.00848 e. The molecule has 0 aliphatic heterocycles. The molecule has 4 rings (SSSR count). The van der Waals surface area contributed by atoms with Crippen LogP contribution in [0.15, 0.2) is 54.6 Å². The van der Waals surface area contributed by atoms with Crippen LogP contribution in [0.25, 0.3) is 11.1 Å². The average Bonchev–Trinajstić information content (AvgIpc) is 2.78. The molecule has 2 aromatic rings. The summed E-state index contributed by atoms with van der Waals surface area (Å²) >= 11 is 2.94. The van der Waals surface area contributed by atoms with E-state index in [1.165, 1.54) is 75.3 Å². The maximum absolute atomic E-state index is 2.94. The Morgan fingerprint density at radius 2 is 1.11 bits per heavy atom. The van der Waals surface area contributed by atoms with Crippen LogP contribution in [0, 0.1) is 0 Å². The summed E-state index contributed by atoms with van der Waals surface area (Å²) in [5, 5.41) is 1.71. The van der Waals surface area contributed by atoms with Gasteiger partial charge in [0.1, 0.15) is 0 Å². The van der Waals surface area contributed by atoms with Crippen molar-refractivity contribution in [3.63, 3.8) is 0 Å². The molecule has 0 atom stereocenters. The van der Waals surface area contributed by atoms with Crippen LogP contribution in [0.5, 0.6) is 0 Å². The SMILES string of the molecule is CBr.c1ccc(-c2ccccc2P(C2CCCCC2)C2CCCCC2)cc1. The highest BCUT2D eigenvalue weighted by Gasteiger charge is 2.33. The predicted molar refractivity (Wildman–Crippen MR) is 127 cm³/mol. The molecule has 2 saturated carbocycles. The second-order valence-electron chi connectivity index (χ2n) is 7.87. The van der Waals surface area contributed by atoms with E-state index < -0.39 is 0 Å². The second-order valence-corrected chi connectivity index (χ2v) is 10.6. The Labute approximate surface area is 176 Å². The molecule has 2 fully saturated rings. The first-order valence-electron chi connectivity index (χ1n) is 10.7. The fraction of sp³-hybridized carbons (Fsp3) is 0.520. The van der Waals surface area contributed by atoms with Gasteiger partial charge >= 0.3 is 0 Å². The molecule has 0 saturated heterocycles. The summed E-state index contributed by atoms with van der Waals surface area (Å²) in [5.74, 6) is 1.81. The van der Waals surface area contributed by atoms with Crippen molar-refractivity contribution >= 4 is 29.2 Å². The Balaban J connectivity index is 0.00000102. The minimum Gasteiger partial charge on any atom is -0.0966 e. The van der Waals surface area contributed by atoms with Crippen molar-refractivity contribution in [2.24, 2.45) is 0 Å². The summed E-state index contributed by atoms with van der Waals surface area (Å²) in [4.78, 5) is 0. The van der Waals surface area contributed by atoms with Gasteiger partial charge in [-0.25, -0.2) is 0 Å². The second kappa shape index (κ2) is 11.4. The van der Waals surface area contributed by atoms with E-state index in [2.05, 4.69) is 70.5 Å². The number of alkyl halides is 1. The molecule has 0 aromatic heterocycles. The van der Waals surface area contributed by atoms with Crippen LogP contribution >= 0.6 is 23.9 Å². The number of rotatable bonds is 4. The van der Waals surface area contributed by atoms with Crippen molar-refractivity contribution in [2.45, 2.75) is 75.5 Å². The zero-order valence-corrected chi connectivity index (χ0v) is 19.2. The highest BCUT2D eigenvalue weighted by Crippen LogP contribution is 2.56. The van der Waals surface area contributed by atoms with Crippen LogP contribution in [-0.4, -0.2) is 17.2 Å². The maximum atomic E-state index is 2.94. The molecule has 2 aliphatic carbocycles.